The van der Waals surface area contributed by atoms with Crippen molar-refractivity contribution in [1.82, 2.24) is 29.5 Å². The Morgan fingerprint density at radius 2 is 2.00 bits per heavy atom. The van der Waals surface area contributed by atoms with Gasteiger partial charge in [-0.05, 0) is 42.8 Å². The lowest BCUT2D eigenvalue weighted by atomic mass is 9.98. The molecule has 1 unspecified atom stereocenters. The zero-order valence-corrected chi connectivity index (χ0v) is 20.1. The highest BCUT2D eigenvalue weighted by atomic mass is 35.5. The molecular formula is C23H26ClN9O2. The number of rotatable bonds is 8. The summed E-state index contributed by atoms with van der Waals surface area (Å²) in [5, 5.41) is 9.03. The number of ether oxygens (including phenoxy) is 2. The first-order valence-electron chi connectivity index (χ1n) is 11.5. The predicted molar refractivity (Wildman–Crippen MR) is 129 cm³/mol. The number of aryl methyl sites for hydroxylation is 1. The number of nitrogen functional groups attached to an aromatic ring is 1. The van der Waals surface area contributed by atoms with E-state index in [9.17, 15) is 0 Å². The van der Waals surface area contributed by atoms with Gasteiger partial charge < -0.3 is 24.7 Å². The molecule has 3 aromatic heterocycles. The van der Waals surface area contributed by atoms with Crippen LogP contribution in [0.15, 0.2) is 24.8 Å². The fourth-order valence-corrected chi connectivity index (χ4v) is 4.23. The van der Waals surface area contributed by atoms with Gasteiger partial charge in [0, 0.05) is 44.0 Å². The van der Waals surface area contributed by atoms with Crippen LogP contribution in [0.25, 0.3) is 11.3 Å². The van der Waals surface area contributed by atoms with Crippen LogP contribution in [0.2, 0.25) is 5.28 Å². The molecule has 2 N–H and O–H groups in total. The van der Waals surface area contributed by atoms with Crippen molar-refractivity contribution in [2.75, 3.05) is 36.9 Å². The number of nitrogens with zero attached hydrogens (tertiary/aromatic N) is 8. The second-order valence-corrected chi connectivity index (χ2v) is 9.34. The second-order valence-electron chi connectivity index (χ2n) is 9.00. The number of nitrogens with two attached hydrogens (primary N) is 1. The minimum atomic E-state index is 0.0663. The van der Waals surface area contributed by atoms with E-state index in [1.54, 1.807) is 12.5 Å². The minimum absolute atomic E-state index is 0.0663. The maximum atomic E-state index is 8.93. The van der Waals surface area contributed by atoms with Gasteiger partial charge in [-0.3, -0.25) is 0 Å². The Bertz CT molecular complexity index is 1240. The number of imidazole rings is 1. The molecule has 5 rings (SSSR count). The average Bonchev–Trinajstić information content (AvgIpc) is 3.50. The van der Waals surface area contributed by atoms with Gasteiger partial charge in [-0.1, -0.05) is 0 Å². The van der Waals surface area contributed by atoms with Crippen molar-refractivity contribution in [3.8, 4) is 29.1 Å². The van der Waals surface area contributed by atoms with E-state index in [4.69, 9.17) is 32.1 Å². The standard InChI is InChI=1S/C23H26ClN9O2/c1-32-10-18(28-13-32)16-7-19(20(26)27-9-16)34-11-14-2-4-33(5-3-14)22-29-21(24)30-23(31-22)35-12-17-6-15(17)8-25/h7,9-10,13-15,17H,2-6,11-12H2,1H3,(H2,26,27)/t15?,17-/m1/s1. The Balaban J connectivity index is 1.15. The monoisotopic (exact) mass is 495 g/mol. The Kier molecular flexibility index (Phi) is 6.55. The Labute approximate surface area is 207 Å². The molecule has 35 heavy (non-hydrogen) atoms. The zero-order chi connectivity index (χ0) is 24.4. The van der Waals surface area contributed by atoms with Crippen LogP contribution < -0.4 is 20.1 Å². The molecule has 1 aliphatic carbocycles. The van der Waals surface area contributed by atoms with Crippen molar-refractivity contribution in [2.45, 2.75) is 19.3 Å². The van der Waals surface area contributed by atoms with Crippen LogP contribution in [0.1, 0.15) is 19.3 Å². The van der Waals surface area contributed by atoms with E-state index in [-0.39, 0.29) is 23.1 Å². The molecule has 11 nitrogen and oxygen atoms in total. The van der Waals surface area contributed by atoms with Crippen molar-refractivity contribution < 1.29 is 9.47 Å². The van der Waals surface area contributed by atoms with Crippen molar-refractivity contribution in [1.29, 1.82) is 5.26 Å². The number of anilines is 2. The minimum Gasteiger partial charge on any atom is -0.489 e. The summed E-state index contributed by atoms with van der Waals surface area (Å²) < 4.78 is 13.6. The lowest BCUT2D eigenvalue weighted by Gasteiger charge is -2.31. The van der Waals surface area contributed by atoms with Crippen molar-refractivity contribution in [3.05, 3.63) is 30.1 Å². The molecule has 1 aliphatic heterocycles. The topological polar surface area (TPSA) is 141 Å². The maximum absolute atomic E-state index is 8.93. The van der Waals surface area contributed by atoms with Crippen molar-refractivity contribution in [3.63, 3.8) is 0 Å². The van der Waals surface area contributed by atoms with E-state index < -0.39 is 0 Å². The number of halogens is 1. The number of pyridine rings is 1. The molecule has 12 heteroatoms. The number of hydrogen-bond donors (Lipinski definition) is 1. The van der Waals surface area contributed by atoms with Gasteiger partial charge in [-0.2, -0.15) is 20.2 Å². The lowest BCUT2D eigenvalue weighted by molar-refractivity contribution is 0.222. The van der Waals surface area contributed by atoms with Gasteiger partial charge in [-0.15, -0.1) is 0 Å². The molecule has 0 aromatic carbocycles. The summed E-state index contributed by atoms with van der Waals surface area (Å²) in [5.41, 5.74) is 7.72. The molecule has 2 aliphatic rings. The Morgan fingerprint density at radius 3 is 2.71 bits per heavy atom. The summed E-state index contributed by atoms with van der Waals surface area (Å²) in [6.07, 6.45) is 8.02. The second kappa shape index (κ2) is 9.92. The van der Waals surface area contributed by atoms with Crippen LogP contribution in [0.3, 0.4) is 0 Å². The van der Waals surface area contributed by atoms with Gasteiger partial charge in [0.2, 0.25) is 11.2 Å². The summed E-state index contributed by atoms with van der Waals surface area (Å²) >= 11 is 6.11. The van der Waals surface area contributed by atoms with E-state index in [0.29, 0.717) is 36.6 Å². The molecule has 182 valence electrons. The SMILES string of the molecule is Cn1cnc(-c2cnc(N)c(OCC3CCN(c4nc(Cl)nc(OC[C@H]5CC5C#N)n4)CC3)c2)c1. The van der Waals surface area contributed by atoms with E-state index in [2.05, 4.69) is 35.9 Å². The summed E-state index contributed by atoms with van der Waals surface area (Å²) in [6.45, 7) is 2.47. The first-order chi connectivity index (χ1) is 17.0. The summed E-state index contributed by atoms with van der Waals surface area (Å²) in [6, 6.07) is 4.33. The van der Waals surface area contributed by atoms with Gasteiger partial charge in [0.15, 0.2) is 11.6 Å². The van der Waals surface area contributed by atoms with E-state index in [1.165, 1.54) is 0 Å². The third-order valence-electron chi connectivity index (χ3n) is 6.35. The van der Waals surface area contributed by atoms with Crippen LogP contribution >= 0.6 is 11.6 Å². The summed E-state index contributed by atoms with van der Waals surface area (Å²) in [5.74, 6) is 2.09. The first kappa shape index (κ1) is 23.1. The van der Waals surface area contributed by atoms with Gasteiger partial charge in [0.1, 0.15) is 0 Å². The Hall–Kier alpha value is -3.65. The van der Waals surface area contributed by atoms with Crippen molar-refractivity contribution >= 4 is 23.4 Å². The zero-order valence-electron chi connectivity index (χ0n) is 19.3. The van der Waals surface area contributed by atoms with Gasteiger partial charge in [0.05, 0.1) is 37.2 Å². The molecule has 3 aromatic rings. The average molecular weight is 496 g/mol. The predicted octanol–water partition coefficient (Wildman–Crippen LogP) is 2.74. The fraction of sp³-hybridized carbons (Fsp3) is 0.478. The van der Waals surface area contributed by atoms with Crippen LogP contribution in [0, 0.1) is 29.1 Å². The molecule has 2 atom stereocenters. The van der Waals surface area contributed by atoms with Crippen molar-refractivity contribution in [2.24, 2.45) is 24.8 Å². The first-order valence-corrected chi connectivity index (χ1v) is 11.9. The van der Waals surface area contributed by atoms with E-state index in [1.807, 2.05) is 23.9 Å². The largest absolute Gasteiger partial charge is 0.489 e. The lowest BCUT2D eigenvalue weighted by Crippen LogP contribution is -2.36. The van der Waals surface area contributed by atoms with Gasteiger partial charge in [-0.25, -0.2) is 9.97 Å². The number of hydrogen-bond acceptors (Lipinski definition) is 10. The number of piperidine rings is 1. The highest BCUT2D eigenvalue weighted by Crippen LogP contribution is 2.37. The molecule has 4 heterocycles. The maximum Gasteiger partial charge on any atom is 0.322 e. The molecule has 1 saturated heterocycles. The van der Waals surface area contributed by atoms with Crippen LogP contribution in [-0.2, 0) is 7.05 Å². The smallest absolute Gasteiger partial charge is 0.322 e. The van der Waals surface area contributed by atoms with E-state index >= 15 is 0 Å². The quantitative estimate of drug-likeness (QED) is 0.495. The highest BCUT2D eigenvalue weighted by molar-refractivity contribution is 6.28. The molecule has 0 bridgehead atoms. The third-order valence-corrected chi connectivity index (χ3v) is 6.51. The van der Waals surface area contributed by atoms with Gasteiger partial charge in [0.25, 0.3) is 0 Å². The molecule has 1 saturated carbocycles. The fourth-order valence-electron chi connectivity index (χ4n) is 4.08. The molecule has 0 radical (unpaired) electrons. The number of aromatic nitrogens is 6. The summed E-state index contributed by atoms with van der Waals surface area (Å²) in [4.78, 5) is 23.5. The molecule has 0 amide bonds. The normalized spacial score (nSPS) is 19.9. The Morgan fingerprint density at radius 1 is 1.17 bits per heavy atom. The van der Waals surface area contributed by atoms with Crippen LogP contribution in [0.4, 0.5) is 11.8 Å². The molecule has 2 fully saturated rings. The van der Waals surface area contributed by atoms with Gasteiger partial charge >= 0.3 is 6.01 Å². The van der Waals surface area contributed by atoms with E-state index in [0.717, 1.165) is 43.6 Å². The number of nitriles is 1. The summed E-state index contributed by atoms with van der Waals surface area (Å²) in [7, 11) is 1.92. The third kappa shape index (κ3) is 5.54. The molecule has 0 spiro atoms. The molecular weight excluding hydrogens is 470 g/mol. The van der Waals surface area contributed by atoms with Crippen LogP contribution in [0.5, 0.6) is 11.8 Å². The highest BCUT2D eigenvalue weighted by Gasteiger charge is 2.38. The van der Waals surface area contributed by atoms with Crippen LogP contribution in [-0.4, -0.2) is 55.8 Å².